The average molecular weight is 333 g/mol. The van der Waals surface area contributed by atoms with Crippen molar-refractivity contribution in [3.05, 3.63) is 72.4 Å². The standard InChI is InChI=1S/C21H23N3O/c1-13-9-18-19-10-16-17(7-6-8-22-16)23(19)12-20(21(3,4)5)24(18)11-15(13)14(2)25/h6-11,20,25H,1-2,12H2,3-5H3. The number of pyridine rings is 1. The third-order valence-electron chi connectivity index (χ3n) is 5.14. The van der Waals surface area contributed by atoms with E-state index in [2.05, 4.69) is 60.5 Å². The van der Waals surface area contributed by atoms with E-state index < -0.39 is 0 Å². The molecule has 1 N–H and O–H groups in total. The maximum Gasteiger partial charge on any atom is 0.117 e. The molecule has 4 nitrogen and oxygen atoms in total. The van der Waals surface area contributed by atoms with Crippen LogP contribution in [0.25, 0.3) is 16.7 Å². The molecule has 4 rings (SSSR count). The van der Waals surface area contributed by atoms with Crippen LogP contribution in [0.4, 0.5) is 0 Å². The molecule has 0 fully saturated rings. The highest BCUT2D eigenvalue weighted by atomic mass is 16.3. The quantitative estimate of drug-likeness (QED) is 0.773. The average Bonchev–Trinajstić information content (AvgIpc) is 2.91. The lowest BCUT2D eigenvalue weighted by molar-refractivity contribution is 0.163. The van der Waals surface area contributed by atoms with Gasteiger partial charge in [0.05, 0.1) is 28.5 Å². The fourth-order valence-electron chi connectivity index (χ4n) is 3.78. The Kier molecular flexibility index (Phi) is 3.23. The van der Waals surface area contributed by atoms with Crippen molar-refractivity contribution in [2.24, 2.45) is 5.41 Å². The SMILES string of the molecule is C=C(O)C1=CN2C(=CC1=C)c1cc3ncccc3n1CC2C(C)(C)C. The van der Waals surface area contributed by atoms with Crippen molar-refractivity contribution in [3.63, 3.8) is 0 Å². The zero-order chi connectivity index (χ0) is 17.9. The predicted molar refractivity (Wildman–Crippen MR) is 102 cm³/mol. The Morgan fingerprint density at radius 2 is 2.12 bits per heavy atom. The van der Waals surface area contributed by atoms with Gasteiger partial charge < -0.3 is 14.6 Å². The summed E-state index contributed by atoms with van der Waals surface area (Å²) in [5, 5.41) is 9.94. The van der Waals surface area contributed by atoms with E-state index in [1.807, 2.05) is 24.5 Å². The molecule has 0 spiro atoms. The lowest BCUT2D eigenvalue weighted by Gasteiger charge is -2.46. The minimum Gasteiger partial charge on any atom is -0.508 e. The summed E-state index contributed by atoms with van der Waals surface area (Å²) in [6.45, 7) is 15.4. The zero-order valence-electron chi connectivity index (χ0n) is 15.0. The van der Waals surface area contributed by atoms with Gasteiger partial charge in [0.2, 0.25) is 0 Å². The molecule has 2 aromatic rings. The maximum absolute atomic E-state index is 9.94. The number of hydrogen-bond donors (Lipinski definition) is 1. The van der Waals surface area contributed by atoms with E-state index in [0.29, 0.717) is 5.57 Å². The summed E-state index contributed by atoms with van der Waals surface area (Å²) in [6.07, 6.45) is 5.86. The molecule has 1 unspecified atom stereocenters. The summed E-state index contributed by atoms with van der Waals surface area (Å²) < 4.78 is 2.35. The van der Waals surface area contributed by atoms with Crippen molar-refractivity contribution in [1.29, 1.82) is 0 Å². The Labute approximate surface area is 148 Å². The van der Waals surface area contributed by atoms with Crippen LogP contribution in [0.1, 0.15) is 26.5 Å². The Balaban J connectivity index is 1.97. The lowest BCUT2D eigenvalue weighted by atomic mass is 9.83. The summed E-state index contributed by atoms with van der Waals surface area (Å²) in [4.78, 5) is 6.78. The zero-order valence-corrected chi connectivity index (χ0v) is 15.0. The highest BCUT2D eigenvalue weighted by Gasteiger charge is 2.38. The van der Waals surface area contributed by atoms with Crippen molar-refractivity contribution in [1.82, 2.24) is 14.5 Å². The van der Waals surface area contributed by atoms with Crippen molar-refractivity contribution in [3.8, 4) is 0 Å². The summed E-state index contributed by atoms with van der Waals surface area (Å²) in [5.74, 6) is 0.0562. The number of nitrogens with zero attached hydrogens (tertiary/aromatic N) is 3. The number of allylic oxidation sites excluding steroid dienone is 2. The first kappa shape index (κ1) is 15.8. The second-order valence-corrected chi connectivity index (χ2v) is 7.88. The normalized spacial score (nSPS) is 20.0. The fraction of sp³-hybridized carbons (Fsp3) is 0.286. The van der Waals surface area contributed by atoms with Gasteiger partial charge in [-0.25, -0.2) is 0 Å². The number of rotatable bonds is 1. The fourth-order valence-corrected chi connectivity index (χ4v) is 3.78. The minimum absolute atomic E-state index is 0.0483. The second kappa shape index (κ2) is 5.12. The van der Waals surface area contributed by atoms with Crippen molar-refractivity contribution >= 4 is 16.7 Å². The third-order valence-corrected chi connectivity index (χ3v) is 5.14. The largest absolute Gasteiger partial charge is 0.508 e. The molecule has 0 amide bonds. The number of aromatic nitrogens is 2. The molecule has 0 saturated heterocycles. The van der Waals surface area contributed by atoms with Gasteiger partial charge in [-0.2, -0.15) is 0 Å². The first-order valence-electron chi connectivity index (χ1n) is 8.51. The number of fused-ring (bicyclic) bond motifs is 5. The van der Waals surface area contributed by atoms with Gasteiger partial charge in [0.1, 0.15) is 5.76 Å². The molecule has 0 saturated carbocycles. The van der Waals surface area contributed by atoms with Crippen LogP contribution in [0.2, 0.25) is 0 Å². The van der Waals surface area contributed by atoms with Crippen molar-refractivity contribution < 1.29 is 5.11 Å². The molecule has 0 aromatic carbocycles. The molecule has 4 heteroatoms. The van der Waals surface area contributed by atoms with E-state index in [0.717, 1.165) is 34.5 Å². The summed E-state index contributed by atoms with van der Waals surface area (Å²) in [7, 11) is 0. The number of aliphatic hydroxyl groups excluding tert-OH is 1. The van der Waals surface area contributed by atoms with E-state index in [-0.39, 0.29) is 17.2 Å². The smallest absolute Gasteiger partial charge is 0.117 e. The van der Waals surface area contributed by atoms with Gasteiger partial charge in [0.25, 0.3) is 0 Å². The van der Waals surface area contributed by atoms with Gasteiger partial charge >= 0.3 is 0 Å². The molecule has 0 bridgehead atoms. The van der Waals surface area contributed by atoms with E-state index in [4.69, 9.17) is 0 Å². The molecule has 128 valence electrons. The minimum atomic E-state index is 0.0483. The van der Waals surface area contributed by atoms with Gasteiger partial charge in [0, 0.05) is 24.5 Å². The molecule has 4 heterocycles. The molecule has 0 radical (unpaired) electrons. The monoisotopic (exact) mass is 333 g/mol. The van der Waals surface area contributed by atoms with Crippen LogP contribution < -0.4 is 0 Å². The van der Waals surface area contributed by atoms with Crippen LogP contribution in [0.3, 0.4) is 0 Å². The van der Waals surface area contributed by atoms with E-state index >= 15 is 0 Å². The third kappa shape index (κ3) is 2.32. The molecule has 1 atom stereocenters. The van der Waals surface area contributed by atoms with Gasteiger partial charge in [-0.05, 0) is 35.3 Å². The van der Waals surface area contributed by atoms with Gasteiger partial charge in [-0.15, -0.1) is 0 Å². The summed E-state index contributed by atoms with van der Waals surface area (Å²) in [6, 6.07) is 6.48. The number of aliphatic hydroxyl groups is 1. The van der Waals surface area contributed by atoms with E-state index in [1.165, 1.54) is 0 Å². The molecular weight excluding hydrogens is 310 g/mol. The van der Waals surface area contributed by atoms with Gasteiger partial charge in [-0.1, -0.05) is 33.9 Å². The Bertz CT molecular complexity index is 969. The molecule has 25 heavy (non-hydrogen) atoms. The first-order valence-corrected chi connectivity index (χ1v) is 8.51. The van der Waals surface area contributed by atoms with Crippen molar-refractivity contribution in [2.45, 2.75) is 33.4 Å². The van der Waals surface area contributed by atoms with Gasteiger partial charge in [0.15, 0.2) is 0 Å². The molecule has 2 aliphatic rings. The van der Waals surface area contributed by atoms with Crippen LogP contribution >= 0.6 is 0 Å². The number of hydrogen-bond acceptors (Lipinski definition) is 3. The topological polar surface area (TPSA) is 41.3 Å². The lowest BCUT2D eigenvalue weighted by Crippen LogP contribution is -2.47. The van der Waals surface area contributed by atoms with E-state index in [9.17, 15) is 5.11 Å². The van der Waals surface area contributed by atoms with Crippen LogP contribution in [-0.4, -0.2) is 25.6 Å². The highest BCUT2D eigenvalue weighted by molar-refractivity contribution is 5.85. The van der Waals surface area contributed by atoms with E-state index in [1.54, 1.807) is 0 Å². The van der Waals surface area contributed by atoms with Crippen LogP contribution in [0.15, 0.2) is 66.7 Å². The highest BCUT2D eigenvalue weighted by Crippen LogP contribution is 2.43. The molecular formula is C21H23N3O. The van der Waals surface area contributed by atoms with Gasteiger partial charge in [-0.3, -0.25) is 4.98 Å². The second-order valence-electron chi connectivity index (χ2n) is 7.88. The Morgan fingerprint density at radius 3 is 2.80 bits per heavy atom. The molecule has 0 aliphatic carbocycles. The maximum atomic E-state index is 9.94. The Morgan fingerprint density at radius 1 is 1.36 bits per heavy atom. The van der Waals surface area contributed by atoms with Crippen LogP contribution in [-0.2, 0) is 6.54 Å². The van der Waals surface area contributed by atoms with Crippen LogP contribution in [0, 0.1) is 5.41 Å². The molecule has 2 aromatic heterocycles. The van der Waals surface area contributed by atoms with Crippen molar-refractivity contribution in [2.75, 3.05) is 0 Å². The summed E-state index contributed by atoms with van der Waals surface area (Å²) >= 11 is 0. The first-order chi connectivity index (χ1) is 11.8. The van der Waals surface area contributed by atoms with Crippen LogP contribution in [0.5, 0.6) is 0 Å². The summed E-state index contributed by atoms with van der Waals surface area (Å²) in [5.41, 5.74) is 5.90. The Hall–Kier alpha value is -2.75. The predicted octanol–water partition coefficient (Wildman–Crippen LogP) is 4.63. The molecule has 2 aliphatic heterocycles.